The second kappa shape index (κ2) is 5.74. The molecule has 0 aliphatic carbocycles. The van der Waals surface area contributed by atoms with Crippen LogP contribution in [0, 0.1) is 0 Å². The van der Waals surface area contributed by atoms with E-state index < -0.39 is 5.60 Å². The van der Waals surface area contributed by atoms with Gasteiger partial charge in [0.1, 0.15) is 34.5 Å². The topological polar surface area (TPSA) is 74.5 Å². The number of ether oxygens (including phenoxy) is 2. The van der Waals surface area contributed by atoms with Crippen LogP contribution in [0.1, 0.15) is 19.4 Å². The quantitative estimate of drug-likeness (QED) is 0.516. The van der Waals surface area contributed by atoms with E-state index in [1.54, 1.807) is 18.2 Å². The Bertz CT molecular complexity index is 1020. The zero-order valence-electron chi connectivity index (χ0n) is 13.7. The van der Waals surface area contributed by atoms with E-state index >= 15 is 0 Å². The lowest BCUT2D eigenvalue weighted by atomic mass is 9.90. The Hall–Kier alpha value is -2.60. The van der Waals surface area contributed by atoms with E-state index in [0.717, 1.165) is 10.9 Å². The highest BCUT2D eigenvalue weighted by Crippen LogP contribution is 2.37. The number of rotatable bonds is 2. The van der Waals surface area contributed by atoms with Gasteiger partial charge in [0.25, 0.3) is 0 Å². The van der Waals surface area contributed by atoms with Gasteiger partial charge in [0.05, 0.1) is 0 Å². The van der Waals surface area contributed by atoms with Crippen molar-refractivity contribution >= 4 is 22.6 Å². The van der Waals surface area contributed by atoms with Crippen LogP contribution < -0.4 is 15.1 Å². The lowest BCUT2D eigenvalue weighted by Gasteiger charge is -2.39. The summed E-state index contributed by atoms with van der Waals surface area (Å²) in [5.74, 6) is 1.09. The molecule has 0 amide bonds. The Morgan fingerprint density at radius 3 is 2.88 bits per heavy atom. The van der Waals surface area contributed by atoms with Crippen molar-refractivity contribution in [2.45, 2.75) is 32.0 Å². The van der Waals surface area contributed by atoms with E-state index in [0.29, 0.717) is 28.8 Å². The largest absolute Gasteiger partial charge is 0.484 e. The zero-order chi connectivity index (χ0) is 17.6. The third-order valence-electron chi connectivity index (χ3n) is 4.23. The summed E-state index contributed by atoms with van der Waals surface area (Å²) >= 11 is 5.89. The molecular formula is C18H15ClN2O4. The minimum Gasteiger partial charge on any atom is -0.484 e. The molecule has 1 aliphatic heterocycles. The lowest BCUT2D eigenvalue weighted by Crippen LogP contribution is -2.49. The van der Waals surface area contributed by atoms with Gasteiger partial charge in [-0.3, -0.25) is 0 Å². The molecule has 4 rings (SSSR count). The third kappa shape index (κ3) is 3.05. The summed E-state index contributed by atoms with van der Waals surface area (Å²) in [7, 11) is 0. The molecule has 0 radical (unpaired) electrons. The first-order chi connectivity index (χ1) is 11.9. The zero-order valence-corrected chi connectivity index (χ0v) is 14.4. The molecule has 25 heavy (non-hydrogen) atoms. The van der Waals surface area contributed by atoms with Crippen LogP contribution in [-0.2, 0) is 6.42 Å². The Morgan fingerprint density at radius 1 is 1.24 bits per heavy atom. The van der Waals surface area contributed by atoms with Gasteiger partial charge in [-0.1, -0.05) is 11.6 Å². The fourth-order valence-electron chi connectivity index (χ4n) is 2.90. The van der Waals surface area contributed by atoms with Crippen molar-refractivity contribution in [1.29, 1.82) is 0 Å². The number of hydrogen-bond donors (Lipinski definition) is 0. The second-order valence-electron chi connectivity index (χ2n) is 6.45. The Balaban J connectivity index is 1.71. The maximum Gasteiger partial charge on any atom is 0.336 e. The van der Waals surface area contributed by atoms with Crippen LogP contribution in [0.3, 0.4) is 0 Å². The van der Waals surface area contributed by atoms with E-state index in [4.69, 9.17) is 25.5 Å². The average Bonchev–Trinajstić information content (AvgIpc) is 2.54. The normalized spacial score (nSPS) is 18.4. The van der Waals surface area contributed by atoms with Crippen LogP contribution >= 0.6 is 11.6 Å². The molecule has 128 valence electrons. The summed E-state index contributed by atoms with van der Waals surface area (Å²) in [4.78, 5) is 19.4. The minimum absolute atomic E-state index is 0.265. The average molecular weight is 359 g/mol. The van der Waals surface area contributed by atoms with Gasteiger partial charge in [-0.05, 0) is 31.5 Å². The molecule has 1 aromatic carbocycles. The molecule has 7 heteroatoms. The molecule has 3 aromatic rings. The molecule has 0 spiro atoms. The Labute approximate surface area is 148 Å². The van der Waals surface area contributed by atoms with E-state index in [2.05, 4.69) is 9.97 Å². The number of nitrogens with zero attached hydrogens (tertiary/aromatic N) is 2. The molecule has 6 nitrogen and oxygen atoms in total. The van der Waals surface area contributed by atoms with Gasteiger partial charge in [0.2, 0.25) is 5.88 Å². The van der Waals surface area contributed by atoms with Crippen LogP contribution in [0.25, 0.3) is 11.0 Å². The molecule has 0 N–H and O–H groups in total. The van der Waals surface area contributed by atoms with E-state index in [1.165, 1.54) is 12.4 Å². The van der Waals surface area contributed by atoms with E-state index in [-0.39, 0.29) is 11.7 Å². The highest BCUT2D eigenvalue weighted by Gasteiger charge is 2.39. The summed E-state index contributed by atoms with van der Waals surface area (Å²) < 4.78 is 17.4. The molecule has 0 fully saturated rings. The van der Waals surface area contributed by atoms with Crippen molar-refractivity contribution in [3.8, 4) is 11.6 Å². The smallest absolute Gasteiger partial charge is 0.336 e. The van der Waals surface area contributed by atoms with Crippen molar-refractivity contribution in [2.75, 3.05) is 0 Å². The molecule has 0 bridgehead atoms. The molecular weight excluding hydrogens is 344 g/mol. The molecule has 1 aliphatic rings. The Morgan fingerprint density at radius 2 is 2.08 bits per heavy atom. The third-order valence-corrected chi connectivity index (χ3v) is 4.43. The van der Waals surface area contributed by atoms with Crippen molar-refractivity contribution < 1.29 is 13.9 Å². The monoisotopic (exact) mass is 358 g/mol. The number of hydrogen-bond acceptors (Lipinski definition) is 6. The second-order valence-corrected chi connectivity index (χ2v) is 6.83. The summed E-state index contributed by atoms with van der Waals surface area (Å²) in [6.45, 7) is 3.88. The van der Waals surface area contributed by atoms with Gasteiger partial charge in [-0.15, -0.1) is 0 Å². The molecule has 3 heterocycles. The van der Waals surface area contributed by atoms with Gasteiger partial charge in [-0.2, -0.15) is 0 Å². The Kier molecular flexibility index (Phi) is 3.65. The molecule has 0 saturated heterocycles. The van der Waals surface area contributed by atoms with Crippen LogP contribution in [0.2, 0.25) is 5.15 Å². The first-order valence-corrected chi connectivity index (χ1v) is 8.18. The highest BCUT2D eigenvalue weighted by atomic mass is 35.5. The maximum absolute atomic E-state index is 11.4. The molecule has 0 unspecified atom stereocenters. The van der Waals surface area contributed by atoms with Crippen molar-refractivity contribution in [3.63, 3.8) is 0 Å². The predicted octanol–water partition coefficient (Wildman–Crippen LogP) is 3.40. The van der Waals surface area contributed by atoms with Crippen molar-refractivity contribution in [3.05, 3.63) is 57.8 Å². The van der Waals surface area contributed by atoms with Crippen LogP contribution in [0.15, 0.2) is 45.9 Å². The van der Waals surface area contributed by atoms with Crippen LogP contribution in [0.5, 0.6) is 11.6 Å². The van der Waals surface area contributed by atoms with Gasteiger partial charge in [-0.25, -0.2) is 14.8 Å². The lowest BCUT2D eigenvalue weighted by molar-refractivity contribution is -0.0287. The summed E-state index contributed by atoms with van der Waals surface area (Å²) in [6.07, 6.45) is 1.72. The fraction of sp³-hybridized carbons (Fsp3) is 0.278. The van der Waals surface area contributed by atoms with Gasteiger partial charge >= 0.3 is 5.63 Å². The fourth-order valence-corrected chi connectivity index (χ4v) is 3.04. The summed E-state index contributed by atoms with van der Waals surface area (Å²) in [6, 6.07) is 8.42. The highest BCUT2D eigenvalue weighted by molar-refractivity contribution is 6.29. The van der Waals surface area contributed by atoms with Crippen LogP contribution in [-0.4, -0.2) is 21.7 Å². The number of benzene rings is 1. The summed E-state index contributed by atoms with van der Waals surface area (Å²) in [5.41, 5.74) is 0.492. The summed E-state index contributed by atoms with van der Waals surface area (Å²) in [5, 5.41) is 1.16. The number of fused-ring (bicyclic) bond motifs is 2. The van der Waals surface area contributed by atoms with Gasteiger partial charge < -0.3 is 13.9 Å². The van der Waals surface area contributed by atoms with Crippen molar-refractivity contribution in [1.82, 2.24) is 9.97 Å². The molecule has 1 atom stereocenters. The molecule has 0 saturated carbocycles. The first kappa shape index (κ1) is 15.9. The number of halogens is 1. The minimum atomic E-state index is -0.604. The molecule has 2 aromatic heterocycles. The van der Waals surface area contributed by atoms with Gasteiger partial charge in [0, 0.05) is 30.0 Å². The predicted molar refractivity (Wildman–Crippen MR) is 92.4 cm³/mol. The first-order valence-electron chi connectivity index (χ1n) is 7.81. The van der Waals surface area contributed by atoms with Gasteiger partial charge in [0.15, 0.2) is 0 Å². The van der Waals surface area contributed by atoms with Crippen LogP contribution in [0.4, 0.5) is 0 Å². The number of aromatic nitrogens is 2. The van der Waals surface area contributed by atoms with Crippen molar-refractivity contribution in [2.24, 2.45) is 0 Å². The standard InChI is InChI=1S/C18H15ClN2O4/c1-18(2)14(24-16-8-15(19)20-9-21-16)6-11-5-10-3-4-17(22)23-12(10)7-13(11)25-18/h3-5,7-9,14H,6H2,1-2H3/t14-/m0/s1. The van der Waals surface area contributed by atoms with E-state index in [9.17, 15) is 4.79 Å². The maximum atomic E-state index is 11.4. The SMILES string of the molecule is CC1(C)Oc2cc3oc(=O)ccc3cc2C[C@@H]1Oc1cc(Cl)ncn1. The van der Waals surface area contributed by atoms with E-state index in [1.807, 2.05) is 19.9 Å².